The van der Waals surface area contributed by atoms with Crippen molar-refractivity contribution >= 4 is 28.8 Å². The molecule has 1 aliphatic rings. The fourth-order valence-electron chi connectivity index (χ4n) is 1.60. The van der Waals surface area contributed by atoms with Gasteiger partial charge in [-0.2, -0.15) is 0 Å². The molecule has 1 rings (SSSR count). The molecule has 1 saturated heterocycles. The number of carbonyl (C=O) groups is 3. The number of rotatable bonds is 5. The van der Waals surface area contributed by atoms with Crippen LogP contribution in [0, 0.1) is 5.92 Å². The summed E-state index contributed by atoms with van der Waals surface area (Å²) in [5.74, 6) is -1.99. The van der Waals surface area contributed by atoms with Crippen LogP contribution >= 0.6 is 11.8 Å². The Bertz CT molecular complexity index is 370. The Morgan fingerprint density at radius 2 is 2.22 bits per heavy atom. The zero-order chi connectivity index (χ0) is 13.7. The number of nitrogens with one attached hydrogen (secondary N) is 1. The van der Waals surface area contributed by atoms with Crippen molar-refractivity contribution in [3.8, 4) is 0 Å². The van der Waals surface area contributed by atoms with Gasteiger partial charge in [0.15, 0.2) is 10.6 Å². The monoisotopic (exact) mass is 273 g/mol. The lowest BCUT2D eigenvalue weighted by Gasteiger charge is -2.14. The van der Waals surface area contributed by atoms with Crippen LogP contribution in [0.25, 0.3) is 0 Å². The lowest BCUT2D eigenvalue weighted by Crippen LogP contribution is -2.30. The van der Waals surface area contributed by atoms with Crippen molar-refractivity contribution in [2.75, 3.05) is 6.54 Å². The maximum absolute atomic E-state index is 11.7. The number of carboxylic acids is 1. The van der Waals surface area contributed by atoms with E-state index in [-0.39, 0.29) is 18.1 Å². The number of carboxylic acid groups (broad SMARTS) is 1. The van der Waals surface area contributed by atoms with Gasteiger partial charge >= 0.3 is 11.9 Å². The summed E-state index contributed by atoms with van der Waals surface area (Å²) in [6, 6.07) is -0.717. The smallest absolute Gasteiger partial charge is 0.320 e. The number of ether oxygens (including phenoxy) is 1. The Labute approximate surface area is 109 Å². The summed E-state index contributed by atoms with van der Waals surface area (Å²) in [5, 5.41) is 11.3. The molecule has 7 heteroatoms. The normalized spacial score (nSPS) is 24.3. The van der Waals surface area contributed by atoms with Crippen LogP contribution in [-0.4, -0.2) is 40.2 Å². The van der Waals surface area contributed by atoms with Gasteiger partial charge in [0.25, 0.3) is 0 Å². The van der Waals surface area contributed by atoms with E-state index in [0.29, 0.717) is 0 Å². The number of thioether (sulfide) groups is 1. The van der Waals surface area contributed by atoms with Crippen molar-refractivity contribution in [2.45, 2.75) is 24.8 Å². The maximum atomic E-state index is 11.7. The van der Waals surface area contributed by atoms with Crippen molar-refractivity contribution in [1.29, 1.82) is 0 Å². The average Bonchev–Trinajstić information content (AvgIpc) is 2.76. The molecule has 0 aromatic rings. The fraction of sp³-hybridized carbons (Fsp3) is 0.545. The molecule has 0 spiro atoms. The van der Waals surface area contributed by atoms with Gasteiger partial charge in [-0.15, -0.1) is 0 Å². The van der Waals surface area contributed by atoms with Gasteiger partial charge in [-0.3, -0.25) is 14.4 Å². The molecule has 3 atom stereocenters. The van der Waals surface area contributed by atoms with Crippen LogP contribution in [-0.2, 0) is 19.1 Å². The largest absolute Gasteiger partial charge is 0.480 e. The Morgan fingerprint density at radius 3 is 2.67 bits per heavy atom. The number of hydrogen-bond donors (Lipinski definition) is 2. The van der Waals surface area contributed by atoms with Gasteiger partial charge in [-0.05, 0) is 24.3 Å². The van der Waals surface area contributed by atoms with E-state index in [9.17, 15) is 14.4 Å². The first-order chi connectivity index (χ1) is 8.43. The highest BCUT2D eigenvalue weighted by molar-refractivity contribution is 8.14. The Kier molecular flexibility index (Phi) is 5.36. The predicted molar refractivity (Wildman–Crippen MR) is 65.9 cm³/mol. The van der Waals surface area contributed by atoms with E-state index in [4.69, 9.17) is 9.84 Å². The molecule has 2 N–H and O–H groups in total. The molecular weight excluding hydrogens is 258 g/mol. The molecule has 18 heavy (non-hydrogen) atoms. The molecule has 1 heterocycles. The van der Waals surface area contributed by atoms with Gasteiger partial charge in [-0.1, -0.05) is 6.58 Å². The van der Waals surface area contributed by atoms with E-state index in [1.54, 1.807) is 0 Å². The number of aliphatic carboxylic acids is 1. The van der Waals surface area contributed by atoms with Crippen LogP contribution < -0.4 is 5.32 Å². The van der Waals surface area contributed by atoms with Crippen LogP contribution in [0.15, 0.2) is 12.7 Å². The van der Waals surface area contributed by atoms with Gasteiger partial charge < -0.3 is 15.2 Å². The van der Waals surface area contributed by atoms with Gasteiger partial charge in [0.1, 0.15) is 6.04 Å². The lowest BCUT2D eigenvalue weighted by molar-refractivity contribution is -0.148. The second-order valence-electron chi connectivity index (χ2n) is 3.88. The van der Waals surface area contributed by atoms with Crippen LogP contribution in [0.3, 0.4) is 0 Å². The van der Waals surface area contributed by atoms with Crippen LogP contribution in [0.5, 0.6) is 0 Å². The third kappa shape index (κ3) is 4.15. The quantitative estimate of drug-likeness (QED) is 0.425. The summed E-state index contributed by atoms with van der Waals surface area (Å²) in [5.41, 5.74) is -0.723. The highest BCUT2D eigenvalue weighted by Gasteiger charge is 2.35. The van der Waals surface area contributed by atoms with E-state index in [2.05, 4.69) is 11.9 Å². The minimum atomic E-state index is -0.983. The standard InChI is InChI=1S/C11H15NO5S/c1-3-9(18-6(2)13)17-11(16)7-4-8(10(14)15)12-5-7/h3,7-9,12H,1,4-5H2,2H3,(H,14,15)/t7-,8+,9?/m0/s1. The highest BCUT2D eigenvalue weighted by Crippen LogP contribution is 2.20. The van der Waals surface area contributed by atoms with E-state index < -0.39 is 29.3 Å². The molecule has 0 saturated carbocycles. The van der Waals surface area contributed by atoms with Crippen molar-refractivity contribution in [1.82, 2.24) is 5.32 Å². The minimum absolute atomic E-state index is 0.180. The third-order valence-corrected chi connectivity index (χ3v) is 3.32. The predicted octanol–water partition coefficient (Wildman–Crippen LogP) is 0.384. The highest BCUT2D eigenvalue weighted by atomic mass is 32.2. The maximum Gasteiger partial charge on any atom is 0.320 e. The van der Waals surface area contributed by atoms with E-state index in [0.717, 1.165) is 11.8 Å². The zero-order valence-electron chi connectivity index (χ0n) is 9.92. The molecule has 6 nitrogen and oxygen atoms in total. The van der Waals surface area contributed by atoms with Crippen LogP contribution in [0.2, 0.25) is 0 Å². The minimum Gasteiger partial charge on any atom is -0.480 e. The molecule has 0 radical (unpaired) electrons. The molecular formula is C11H15NO5S. The molecule has 0 bridgehead atoms. The van der Waals surface area contributed by atoms with Gasteiger partial charge in [0, 0.05) is 13.5 Å². The first kappa shape index (κ1) is 14.7. The Morgan fingerprint density at radius 1 is 1.56 bits per heavy atom. The van der Waals surface area contributed by atoms with Crippen molar-refractivity contribution in [3.05, 3.63) is 12.7 Å². The van der Waals surface area contributed by atoms with Crippen molar-refractivity contribution < 1.29 is 24.2 Å². The molecule has 0 aromatic carbocycles. The topological polar surface area (TPSA) is 92.7 Å². The Balaban J connectivity index is 2.48. The molecule has 1 aliphatic heterocycles. The summed E-state index contributed by atoms with van der Waals surface area (Å²) < 4.78 is 5.07. The summed E-state index contributed by atoms with van der Waals surface area (Å²) in [4.78, 5) is 33.3. The zero-order valence-corrected chi connectivity index (χ0v) is 10.7. The molecule has 1 fully saturated rings. The average molecular weight is 273 g/mol. The van der Waals surface area contributed by atoms with E-state index >= 15 is 0 Å². The molecule has 1 unspecified atom stereocenters. The van der Waals surface area contributed by atoms with Crippen molar-refractivity contribution in [3.63, 3.8) is 0 Å². The molecule has 0 aromatic heterocycles. The second kappa shape index (κ2) is 6.55. The molecule has 100 valence electrons. The first-order valence-electron chi connectivity index (χ1n) is 5.40. The van der Waals surface area contributed by atoms with E-state index in [1.165, 1.54) is 13.0 Å². The number of hydrogen-bond acceptors (Lipinski definition) is 6. The van der Waals surface area contributed by atoms with Gasteiger partial charge in [-0.25, -0.2) is 0 Å². The summed E-state index contributed by atoms with van der Waals surface area (Å²) >= 11 is 0.857. The number of esters is 1. The molecule has 0 aliphatic carbocycles. The summed E-state index contributed by atoms with van der Waals surface area (Å²) in [7, 11) is 0. The van der Waals surface area contributed by atoms with E-state index in [1.807, 2.05) is 0 Å². The fourth-order valence-corrected chi connectivity index (χ4v) is 2.16. The van der Waals surface area contributed by atoms with Gasteiger partial charge in [0.2, 0.25) is 0 Å². The molecule has 0 amide bonds. The second-order valence-corrected chi connectivity index (χ2v) is 5.16. The van der Waals surface area contributed by atoms with Gasteiger partial charge in [0.05, 0.1) is 5.92 Å². The summed E-state index contributed by atoms with van der Waals surface area (Å²) in [6.45, 7) is 5.11. The Hall–Kier alpha value is -1.34. The van der Waals surface area contributed by atoms with Crippen molar-refractivity contribution in [2.24, 2.45) is 5.92 Å². The lowest BCUT2D eigenvalue weighted by atomic mass is 10.1. The third-order valence-electron chi connectivity index (χ3n) is 2.47. The first-order valence-corrected chi connectivity index (χ1v) is 6.28. The number of carbonyl (C=O) groups excluding carboxylic acids is 2. The SMILES string of the molecule is C=CC(OC(=O)[C@@H]1CN[C@@H](C(=O)O)C1)SC(C)=O. The summed E-state index contributed by atoms with van der Waals surface area (Å²) in [6.07, 6.45) is 1.56. The van der Waals surface area contributed by atoms with Crippen LogP contribution in [0.1, 0.15) is 13.3 Å². The van der Waals surface area contributed by atoms with Crippen LogP contribution in [0.4, 0.5) is 0 Å².